The van der Waals surface area contributed by atoms with Gasteiger partial charge in [-0.15, -0.1) is 0 Å². The molecule has 2 heterocycles. The smallest absolute Gasteiger partial charge is 0.417 e. The second-order valence-corrected chi connectivity index (χ2v) is 4.03. The third-order valence-electron chi connectivity index (χ3n) is 2.59. The van der Waals surface area contributed by atoms with E-state index in [0.29, 0.717) is 11.8 Å². The molecular weight excluding hydrogens is 273 g/mol. The lowest BCUT2D eigenvalue weighted by atomic mass is 10.0. The van der Waals surface area contributed by atoms with Crippen LogP contribution in [0.2, 0.25) is 0 Å². The van der Waals surface area contributed by atoms with Gasteiger partial charge in [0.25, 0.3) is 0 Å². The number of rotatable bonds is 3. The van der Waals surface area contributed by atoms with Crippen molar-refractivity contribution in [3.05, 3.63) is 48.0 Å². The first-order chi connectivity index (χ1) is 9.38. The van der Waals surface area contributed by atoms with Crippen LogP contribution in [0.1, 0.15) is 11.3 Å². The maximum Gasteiger partial charge on any atom is 0.417 e. The molecule has 1 N–H and O–H groups in total. The Kier molecular flexibility index (Phi) is 3.69. The molecule has 0 aliphatic carbocycles. The molecule has 0 saturated carbocycles. The average Bonchev–Trinajstić information content (AvgIpc) is 2.38. The van der Waals surface area contributed by atoms with Crippen molar-refractivity contribution in [3.8, 4) is 11.1 Å². The maximum absolute atomic E-state index is 12.7. The van der Waals surface area contributed by atoms with Crippen molar-refractivity contribution in [3.63, 3.8) is 0 Å². The van der Waals surface area contributed by atoms with Gasteiger partial charge in [-0.25, -0.2) is 0 Å². The summed E-state index contributed by atoms with van der Waals surface area (Å²) in [5, 5.41) is 8.79. The maximum atomic E-state index is 12.7. The van der Waals surface area contributed by atoms with Crippen molar-refractivity contribution in [2.75, 3.05) is 0 Å². The van der Waals surface area contributed by atoms with E-state index in [0.717, 1.165) is 6.07 Å². The molecule has 0 radical (unpaired) electrons. The lowest BCUT2D eigenvalue weighted by molar-refractivity contribution is -0.137. The molecule has 0 spiro atoms. The molecule has 0 unspecified atom stereocenters. The standard InChI is InChI=1S/C13H9F3N2O2/c14-13(15,16)9-4-10(8-2-1-3-17-6-8)11(18-7-9)5-12(19)20/h1-4,6-7H,5H2,(H,19,20). The molecular formula is C13H9F3N2O2. The first-order valence-corrected chi connectivity index (χ1v) is 5.56. The van der Waals surface area contributed by atoms with Crippen LogP contribution >= 0.6 is 0 Å². The topological polar surface area (TPSA) is 63.1 Å². The van der Waals surface area contributed by atoms with E-state index in [9.17, 15) is 18.0 Å². The summed E-state index contributed by atoms with van der Waals surface area (Å²) < 4.78 is 38.1. The minimum Gasteiger partial charge on any atom is -0.481 e. The van der Waals surface area contributed by atoms with Crippen molar-refractivity contribution in [2.24, 2.45) is 0 Å². The first kappa shape index (κ1) is 14.0. The lowest BCUT2D eigenvalue weighted by Crippen LogP contribution is -2.10. The van der Waals surface area contributed by atoms with Crippen molar-refractivity contribution < 1.29 is 23.1 Å². The zero-order valence-electron chi connectivity index (χ0n) is 10.1. The fraction of sp³-hybridized carbons (Fsp3) is 0.154. The van der Waals surface area contributed by atoms with Gasteiger partial charge >= 0.3 is 12.1 Å². The summed E-state index contributed by atoms with van der Waals surface area (Å²) in [5.74, 6) is -1.16. The third kappa shape index (κ3) is 3.11. The van der Waals surface area contributed by atoms with Gasteiger partial charge in [-0.2, -0.15) is 13.2 Å². The van der Waals surface area contributed by atoms with Crippen LogP contribution in [-0.2, 0) is 17.4 Å². The number of aromatic nitrogens is 2. The van der Waals surface area contributed by atoms with E-state index in [-0.39, 0.29) is 11.3 Å². The molecule has 0 amide bonds. The summed E-state index contributed by atoms with van der Waals surface area (Å²) in [4.78, 5) is 18.2. The predicted molar refractivity (Wildman–Crippen MR) is 63.8 cm³/mol. The van der Waals surface area contributed by atoms with Crippen molar-refractivity contribution in [1.82, 2.24) is 9.97 Å². The van der Waals surface area contributed by atoms with E-state index in [4.69, 9.17) is 5.11 Å². The minimum atomic E-state index is -4.54. The highest BCUT2D eigenvalue weighted by molar-refractivity contribution is 5.75. The molecule has 0 saturated heterocycles. The summed E-state index contributed by atoms with van der Waals surface area (Å²) in [6.07, 6.45) is -1.52. The van der Waals surface area contributed by atoms with Crippen LogP contribution in [0.15, 0.2) is 36.8 Å². The number of aliphatic carboxylic acids is 1. The van der Waals surface area contributed by atoms with Crippen LogP contribution in [0, 0.1) is 0 Å². The highest BCUT2D eigenvalue weighted by atomic mass is 19.4. The van der Waals surface area contributed by atoms with E-state index >= 15 is 0 Å². The largest absolute Gasteiger partial charge is 0.481 e. The molecule has 20 heavy (non-hydrogen) atoms. The second-order valence-electron chi connectivity index (χ2n) is 4.03. The fourth-order valence-electron chi connectivity index (χ4n) is 1.70. The second kappa shape index (κ2) is 5.28. The molecule has 0 aliphatic heterocycles. The predicted octanol–water partition coefficient (Wildman–Crippen LogP) is 2.79. The highest BCUT2D eigenvalue weighted by Crippen LogP contribution is 2.32. The van der Waals surface area contributed by atoms with Crippen LogP contribution < -0.4 is 0 Å². The Hall–Kier alpha value is -2.44. The average molecular weight is 282 g/mol. The SMILES string of the molecule is O=C(O)Cc1ncc(C(F)(F)F)cc1-c1cccnc1. The van der Waals surface area contributed by atoms with Gasteiger partial charge in [0, 0.05) is 29.7 Å². The fourth-order valence-corrected chi connectivity index (χ4v) is 1.70. The molecule has 0 atom stereocenters. The molecule has 0 aliphatic rings. The number of carboxylic acid groups (broad SMARTS) is 1. The summed E-state index contributed by atoms with van der Waals surface area (Å²) in [7, 11) is 0. The van der Waals surface area contributed by atoms with E-state index in [1.54, 1.807) is 12.1 Å². The first-order valence-electron chi connectivity index (χ1n) is 5.56. The molecule has 7 heteroatoms. The number of halogens is 3. The summed E-state index contributed by atoms with van der Waals surface area (Å²) in [6, 6.07) is 4.00. The van der Waals surface area contributed by atoms with Gasteiger partial charge in [0.2, 0.25) is 0 Å². The van der Waals surface area contributed by atoms with E-state index in [2.05, 4.69) is 9.97 Å². The quantitative estimate of drug-likeness (QED) is 0.940. The van der Waals surface area contributed by atoms with E-state index in [1.165, 1.54) is 12.4 Å². The number of hydrogen-bond acceptors (Lipinski definition) is 3. The minimum absolute atomic E-state index is 0.0681. The van der Waals surface area contributed by atoms with Gasteiger partial charge in [-0.3, -0.25) is 14.8 Å². The molecule has 2 rings (SSSR count). The number of alkyl halides is 3. The van der Waals surface area contributed by atoms with E-state index in [1.807, 2.05) is 0 Å². The molecule has 0 aromatic carbocycles. The van der Waals surface area contributed by atoms with Gasteiger partial charge < -0.3 is 5.11 Å². The van der Waals surface area contributed by atoms with Gasteiger partial charge in [-0.1, -0.05) is 6.07 Å². The zero-order chi connectivity index (χ0) is 14.8. The zero-order valence-corrected chi connectivity index (χ0v) is 10.1. The summed E-state index contributed by atoms with van der Waals surface area (Å²) >= 11 is 0. The van der Waals surface area contributed by atoms with Gasteiger partial charge in [0.05, 0.1) is 17.7 Å². The number of carboxylic acids is 1. The Bertz CT molecular complexity index is 627. The molecule has 0 bridgehead atoms. The number of hydrogen-bond donors (Lipinski definition) is 1. The van der Waals surface area contributed by atoms with Gasteiger partial charge in [0.1, 0.15) is 0 Å². The number of nitrogens with zero attached hydrogens (tertiary/aromatic N) is 2. The molecule has 0 fully saturated rings. The normalized spacial score (nSPS) is 11.3. The molecule has 2 aromatic rings. The van der Waals surface area contributed by atoms with Crippen LogP contribution in [-0.4, -0.2) is 21.0 Å². The Morgan fingerprint density at radius 3 is 2.60 bits per heavy atom. The monoisotopic (exact) mass is 282 g/mol. The van der Waals surface area contributed by atoms with Crippen molar-refractivity contribution in [2.45, 2.75) is 12.6 Å². The Morgan fingerprint density at radius 2 is 2.05 bits per heavy atom. The molecule has 104 valence electrons. The Balaban J connectivity index is 2.57. The van der Waals surface area contributed by atoms with Gasteiger partial charge in [-0.05, 0) is 12.1 Å². The lowest BCUT2D eigenvalue weighted by Gasteiger charge is -2.11. The highest BCUT2D eigenvalue weighted by Gasteiger charge is 2.32. The van der Waals surface area contributed by atoms with Crippen LogP contribution in [0.5, 0.6) is 0 Å². The molecule has 4 nitrogen and oxygen atoms in total. The molecule has 2 aromatic heterocycles. The number of pyridine rings is 2. The van der Waals surface area contributed by atoms with Crippen LogP contribution in [0.4, 0.5) is 13.2 Å². The number of carbonyl (C=O) groups is 1. The summed E-state index contributed by atoms with van der Waals surface area (Å²) in [6.45, 7) is 0. The van der Waals surface area contributed by atoms with Crippen molar-refractivity contribution in [1.29, 1.82) is 0 Å². The van der Waals surface area contributed by atoms with Crippen LogP contribution in [0.25, 0.3) is 11.1 Å². The Morgan fingerprint density at radius 1 is 1.30 bits per heavy atom. The van der Waals surface area contributed by atoms with Crippen LogP contribution in [0.3, 0.4) is 0 Å². The van der Waals surface area contributed by atoms with E-state index < -0.39 is 24.1 Å². The van der Waals surface area contributed by atoms with Gasteiger partial charge in [0.15, 0.2) is 0 Å². The third-order valence-corrected chi connectivity index (χ3v) is 2.59. The summed E-state index contributed by atoms with van der Waals surface area (Å²) in [5.41, 5.74) is -0.346. The Labute approximate surface area is 111 Å². The van der Waals surface area contributed by atoms with Crippen molar-refractivity contribution >= 4 is 5.97 Å².